The fourth-order valence-corrected chi connectivity index (χ4v) is 1.61. The Hall–Kier alpha value is -2.01. The summed E-state index contributed by atoms with van der Waals surface area (Å²) in [6, 6.07) is 7.22. The van der Waals surface area contributed by atoms with E-state index in [2.05, 4.69) is 4.99 Å². The number of carbonyl (C=O) groups excluding carboxylic acids is 2. The predicted octanol–water partition coefficient (Wildman–Crippen LogP) is -0.0642. The molecule has 82 valence electrons. The van der Waals surface area contributed by atoms with Gasteiger partial charge >= 0.3 is 0 Å². The Morgan fingerprint density at radius 1 is 1.44 bits per heavy atom. The SMILES string of the molecule is NC1N=Cc2ccccc2N(CC=O)C1=O. The van der Waals surface area contributed by atoms with E-state index in [9.17, 15) is 9.59 Å². The fraction of sp³-hybridized carbons (Fsp3) is 0.182. The molecule has 1 atom stereocenters. The quantitative estimate of drug-likeness (QED) is 0.705. The molecule has 0 spiro atoms. The minimum Gasteiger partial charge on any atom is -0.302 e. The number of aliphatic imine (C=N–C) groups is 1. The number of anilines is 1. The maximum Gasteiger partial charge on any atom is 0.266 e. The number of amides is 1. The van der Waals surface area contributed by atoms with Gasteiger partial charge in [-0.25, -0.2) is 0 Å². The van der Waals surface area contributed by atoms with Crippen LogP contribution in [0.1, 0.15) is 5.56 Å². The van der Waals surface area contributed by atoms with Crippen LogP contribution in [0.25, 0.3) is 0 Å². The van der Waals surface area contributed by atoms with Gasteiger partial charge in [-0.3, -0.25) is 9.79 Å². The number of nitrogens with two attached hydrogens (primary N) is 1. The van der Waals surface area contributed by atoms with Gasteiger partial charge in [-0.15, -0.1) is 0 Å². The first-order chi connectivity index (χ1) is 7.74. The van der Waals surface area contributed by atoms with Crippen LogP contribution in [0.15, 0.2) is 29.3 Å². The second-order valence-corrected chi connectivity index (χ2v) is 3.40. The molecule has 0 radical (unpaired) electrons. The third kappa shape index (κ3) is 1.72. The van der Waals surface area contributed by atoms with Gasteiger partial charge < -0.3 is 15.4 Å². The Morgan fingerprint density at radius 3 is 2.94 bits per heavy atom. The molecule has 1 aliphatic rings. The number of benzene rings is 1. The molecule has 1 aromatic carbocycles. The molecule has 1 aliphatic heterocycles. The van der Waals surface area contributed by atoms with Gasteiger partial charge in [-0.05, 0) is 6.07 Å². The summed E-state index contributed by atoms with van der Waals surface area (Å²) in [5, 5.41) is 0. The first-order valence-electron chi connectivity index (χ1n) is 4.87. The highest BCUT2D eigenvalue weighted by Gasteiger charge is 2.25. The fourth-order valence-electron chi connectivity index (χ4n) is 1.61. The summed E-state index contributed by atoms with van der Waals surface area (Å²) in [5.74, 6) is -0.367. The molecule has 1 unspecified atom stereocenters. The lowest BCUT2D eigenvalue weighted by atomic mass is 10.2. The van der Waals surface area contributed by atoms with Crippen molar-refractivity contribution in [2.75, 3.05) is 11.4 Å². The van der Waals surface area contributed by atoms with Crippen molar-refractivity contribution in [2.45, 2.75) is 6.17 Å². The number of nitrogens with zero attached hydrogens (tertiary/aromatic N) is 2. The zero-order valence-electron chi connectivity index (χ0n) is 8.54. The molecular formula is C11H11N3O2. The van der Waals surface area contributed by atoms with Crippen LogP contribution in [0.4, 0.5) is 5.69 Å². The van der Waals surface area contributed by atoms with Gasteiger partial charge in [0.2, 0.25) is 0 Å². The molecule has 5 nitrogen and oxygen atoms in total. The van der Waals surface area contributed by atoms with E-state index in [4.69, 9.17) is 5.73 Å². The first-order valence-corrected chi connectivity index (χ1v) is 4.87. The second-order valence-electron chi connectivity index (χ2n) is 3.40. The van der Waals surface area contributed by atoms with Crippen LogP contribution >= 0.6 is 0 Å². The minimum atomic E-state index is -0.938. The van der Waals surface area contributed by atoms with E-state index >= 15 is 0 Å². The predicted molar refractivity (Wildman–Crippen MR) is 60.4 cm³/mol. The van der Waals surface area contributed by atoms with Crippen LogP contribution in [-0.2, 0) is 9.59 Å². The normalized spacial score (nSPS) is 19.2. The summed E-state index contributed by atoms with van der Waals surface area (Å²) in [5.41, 5.74) is 7.02. The van der Waals surface area contributed by atoms with Crippen molar-refractivity contribution >= 4 is 24.1 Å². The Bertz CT molecular complexity index is 456. The number of fused-ring (bicyclic) bond motifs is 1. The maximum absolute atomic E-state index is 11.8. The van der Waals surface area contributed by atoms with Crippen molar-refractivity contribution in [3.63, 3.8) is 0 Å². The van der Waals surface area contributed by atoms with Crippen molar-refractivity contribution < 1.29 is 9.59 Å². The van der Waals surface area contributed by atoms with E-state index in [1.807, 2.05) is 12.1 Å². The Labute approximate surface area is 92.6 Å². The van der Waals surface area contributed by atoms with E-state index in [0.29, 0.717) is 12.0 Å². The van der Waals surface area contributed by atoms with Gasteiger partial charge in [0.25, 0.3) is 5.91 Å². The van der Waals surface area contributed by atoms with Crippen molar-refractivity contribution in [3.8, 4) is 0 Å². The molecule has 1 amide bonds. The zero-order chi connectivity index (χ0) is 11.5. The molecule has 0 aromatic heterocycles. The largest absolute Gasteiger partial charge is 0.302 e. The molecule has 0 saturated heterocycles. The molecule has 16 heavy (non-hydrogen) atoms. The molecular weight excluding hydrogens is 206 g/mol. The lowest BCUT2D eigenvalue weighted by Gasteiger charge is -2.21. The smallest absolute Gasteiger partial charge is 0.266 e. The zero-order valence-corrected chi connectivity index (χ0v) is 8.54. The highest BCUT2D eigenvalue weighted by Crippen LogP contribution is 2.21. The topological polar surface area (TPSA) is 75.8 Å². The summed E-state index contributed by atoms with van der Waals surface area (Å²) < 4.78 is 0. The van der Waals surface area contributed by atoms with Gasteiger partial charge in [0, 0.05) is 11.8 Å². The second kappa shape index (κ2) is 4.24. The highest BCUT2D eigenvalue weighted by molar-refractivity contribution is 6.06. The number of benzodiazepines with no additional fused rings is 1. The van der Waals surface area contributed by atoms with Crippen molar-refractivity contribution in [1.82, 2.24) is 0 Å². The van der Waals surface area contributed by atoms with Crippen molar-refractivity contribution in [1.29, 1.82) is 0 Å². The maximum atomic E-state index is 11.8. The number of hydrogen-bond donors (Lipinski definition) is 1. The first kappa shape index (κ1) is 10.5. The van der Waals surface area contributed by atoms with Crippen LogP contribution in [0, 0.1) is 0 Å². The molecule has 2 N–H and O–H groups in total. The van der Waals surface area contributed by atoms with Gasteiger partial charge in [0.1, 0.15) is 6.29 Å². The van der Waals surface area contributed by atoms with Gasteiger partial charge in [-0.1, -0.05) is 18.2 Å². The molecule has 5 heteroatoms. The van der Waals surface area contributed by atoms with Gasteiger partial charge in [0.15, 0.2) is 6.17 Å². The van der Waals surface area contributed by atoms with E-state index in [1.54, 1.807) is 18.3 Å². The summed E-state index contributed by atoms with van der Waals surface area (Å²) in [4.78, 5) is 27.7. The lowest BCUT2D eigenvalue weighted by Crippen LogP contribution is -2.43. The van der Waals surface area contributed by atoms with E-state index in [-0.39, 0.29) is 12.5 Å². The minimum absolute atomic E-state index is 0.00704. The monoisotopic (exact) mass is 217 g/mol. The molecule has 0 bridgehead atoms. The molecule has 2 rings (SSSR count). The van der Waals surface area contributed by atoms with Crippen molar-refractivity contribution in [2.24, 2.45) is 10.7 Å². The number of rotatable bonds is 2. The molecule has 0 aliphatic carbocycles. The summed E-state index contributed by atoms with van der Waals surface area (Å²) in [6.45, 7) is -0.00704. The Kier molecular flexibility index (Phi) is 2.78. The van der Waals surface area contributed by atoms with Gasteiger partial charge in [-0.2, -0.15) is 0 Å². The van der Waals surface area contributed by atoms with Crippen LogP contribution in [-0.4, -0.2) is 31.1 Å². The molecule has 1 aromatic rings. The van der Waals surface area contributed by atoms with Crippen LogP contribution in [0.5, 0.6) is 0 Å². The Balaban J connectivity index is 2.51. The average molecular weight is 217 g/mol. The standard InChI is InChI=1S/C11H11N3O2/c12-10-11(16)14(5-6-15)9-4-2-1-3-8(9)7-13-10/h1-4,6-7,10H,5,12H2. The van der Waals surface area contributed by atoms with Gasteiger partial charge in [0.05, 0.1) is 12.2 Å². The van der Waals surface area contributed by atoms with E-state index in [1.165, 1.54) is 4.90 Å². The summed E-state index contributed by atoms with van der Waals surface area (Å²) in [7, 11) is 0. The number of para-hydroxylation sites is 1. The van der Waals surface area contributed by atoms with Crippen LogP contribution in [0.3, 0.4) is 0 Å². The third-order valence-electron chi connectivity index (χ3n) is 2.38. The van der Waals surface area contributed by atoms with Crippen molar-refractivity contribution in [3.05, 3.63) is 29.8 Å². The number of carbonyl (C=O) groups is 2. The van der Waals surface area contributed by atoms with Crippen LogP contribution in [0.2, 0.25) is 0 Å². The highest BCUT2D eigenvalue weighted by atomic mass is 16.2. The molecule has 1 heterocycles. The third-order valence-corrected chi connectivity index (χ3v) is 2.38. The van der Waals surface area contributed by atoms with E-state index in [0.717, 1.165) is 5.56 Å². The molecule has 0 fully saturated rings. The van der Waals surface area contributed by atoms with Crippen LogP contribution < -0.4 is 10.6 Å². The number of hydrogen-bond acceptors (Lipinski definition) is 4. The Morgan fingerprint density at radius 2 is 2.19 bits per heavy atom. The lowest BCUT2D eigenvalue weighted by molar-refractivity contribution is -0.120. The number of aldehydes is 1. The summed E-state index contributed by atoms with van der Waals surface area (Å²) in [6.07, 6.45) is 1.29. The average Bonchev–Trinajstić information content (AvgIpc) is 2.42. The van der Waals surface area contributed by atoms with E-state index < -0.39 is 6.17 Å². The summed E-state index contributed by atoms with van der Waals surface area (Å²) >= 11 is 0. The molecule has 0 saturated carbocycles.